The van der Waals surface area contributed by atoms with E-state index in [0.717, 1.165) is 13.0 Å². The van der Waals surface area contributed by atoms with Crippen molar-refractivity contribution in [2.75, 3.05) is 32.6 Å². The van der Waals surface area contributed by atoms with Crippen LogP contribution in [-0.2, 0) is 4.79 Å². The molecule has 1 fully saturated rings. The fourth-order valence-electron chi connectivity index (χ4n) is 1.68. The van der Waals surface area contributed by atoms with Crippen LogP contribution in [0.2, 0.25) is 0 Å². The van der Waals surface area contributed by atoms with E-state index < -0.39 is 0 Å². The summed E-state index contributed by atoms with van der Waals surface area (Å²) in [6.45, 7) is 4.19. The smallest absolute Gasteiger partial charge is 0.223 e. The van der Waals surface area contributed by atoms with Gasteiger partial charge in [-0.1, -0.05) is 11.8 Å². The van der Waals surface area contributed by atoms with Gasteiger partial charge >= 0.3 is 0 Å². The second-order valence-corrected chi connectivity index (χ2v) is 4.57. The summed E-state index contributed by atoms with van der Waals surface area (Å²) in [6.07, 6.45) is 1.64. The highest BCUT2D eigenvalue weighted by Gasteiger charge is 2.26. The average molecular weight is 243 g/mol. The molecule has 1 saturated heterocycles. The van der Waals surface area contributed by atoms with Gasteiger partial charge in [0.25, 0.3) is 0 Å². The first-order chi connectivity index (χ1) is 7.65. The number of carbonyl (C=O) groups excluding carboxylic acids is 1. The van der Waals surface area contributed by atoms with Crippen LogP contribution in [0.3, 0.4) is 0 Å². The standard InChI is InChI=1S/C12H19ClN2O/c1-11-5-6-12(16)15(11)9-4-3-8-14(2)10-7-13/h11H,5-10H2,1-2H3. The predicted molar refractivity (Wildman–Crippen MR) is 66.4 cm³/mol. The minimum atomic E-state index is 0.232. The zero-order chi connectivity index (χ0) is 12.0. The van der Waals surface area contributed by atoms with Crippen LogP contribution >= 0.6 is 11.6 Å². The van der Waals surface area contributed by atoms with Crippen molar-refractivity contribution in [3.63, 3.8) is 0 Å². The molecular weight excluding hydrogens is 224 g/mol. The molecule has 0 bridgehead atoms. The highest BCUT2D eigenvalue weighted by Crippen LogP contribution is 2.16. The summed E-state index contributed by atoms with van der Waals surface area (Å²) in [5.41, 5.74) is 0. The Morgan fingerprint density at radius 1 is 1.56 bits per heavy atom. The molecule has 3 nitrogen and oxygen atoms in total. The number of nitrogens with zero attached hydrogens (tertiary/aromatic N) is 2. The first-order valence-corrected chi connectivity index (χ1v) is 6.18. The Morgan fingerprint density at radius 2 is 2.31 bits per heavy atom. The van der Waals surface area contributed by atoms with Crippen molar-refractivity contribution in [1.29, 1.82) is 0 Å². The molecule has 1 aliphatic heterocycles. The molecule has 0 aromatic carbocycles. The van der Waals surface area contributed by atoms with Crippen molar-refractivity contribution in [3.8, 4) is 11.8 Å². The lowest BCUT2D eigenvalue weighted by Gasteiger charge is -2.18. The third-order valence-electron chi connectivity index (χ3n) is 2.82. The van der Waals surface area contributed by atoms with E-state index in [0.29, 0.717) is 31.4 Å². The van der Waals surface area contributed by atoms with E-state index in [1.807, 2.05) is 11.9 Å². The number of alkyl halides is 1. The normalized spacial score (nSPS) is 20.1. The summed E-state index contributed by atoms with van der Waals surface area (Å²) < 4.78 is 0. The molecule has 0 aromatic rings. The summed E-state index contributed by atoms with van der Waals surface area (Å²) >= 11 is 5.61. The number of halogens is 1. The lowest BCUT2D eigenvalue weighted by atomic mass is 10.2. The molecular formula is C12H19ClN2O. The monoisotopic (exact) mass is 242 g/mol. The largest absolute Gasteiger partial charge is 0.329 e. The van der Waals surface area contributed by atoms with Crippen molar-refractivity contribution < 1.29 is 4.79 Å². The lowest BCUT2D eigenvalue weighted by molar-refractivity contribution is -0.128. The van der Waals surface area contributed by atoms with Gasteiger partial charge in [0.1, 0.15) is 0 Å². The van der Waals surface area contributed by atoms with E-state index in [-0.39, 0.29) is 5.91 Å². The van der Waals surface area contributed by atoms with Gasteiger partial charge in [-0.15, -0.1) is 11.6 Å². The summed E-state index contributed by atoms with van der Waals surface area (Å²) in [5.74, 6) is 6.97. The molecule has 4 heteroatoms. The first-order valence-electron chi connectivity index (χ1n) is 5.65. The molecule has 0 aromatic heterocycles. The van der Waals surface area contributed by atoms with E-state index in [2.05, 4.69) is 23.7 Å². The number of hydrogen-bond donors (Lipinski definition) is 0. The highest BCUT2D eigenvalue weighted by atomic mass is 35.5. The van der Waals surface area contributed by atoms with E-state index in [1.165, 1.54) is 0 Å². The Hall–Kier alpha value is -0.720. The molecule has 1 heterocycles. The van der Waals surface area contributed by atoms with Gasteiger partial charge in [-0.25, -0.2) is 0 Å². The van der Waals surface area contributed by atoms with Gasteiger partial charge in [-0.05, 0) is 20.4 Å². The molecule has 1 rings (SSSR count). The van der Waals surface area contributed by atoms with E-state index >= 15 is 0 Å². The Kier molecular flexibility index (Phi) is 5.65. The molecule has 0 aliphatic carbocycles. The van der Waals surface area contributed by atoms with Crippen molar-refractivity contribution in [2.45, 2.75) is 25.8 Å². The van der Waals surface area contributed by atoms with Gasteiger partial charge in [0.2, 0.25) is 5.91 Å². The quantitative estimate of drug-likeness (QED) is 0.546. The number of likely N-dealkylation sites (tertiary alicyclic amines) is 1. The molecule has 0 spiro atoms. The van der Waals surface area contributed by atoms with Crippen molar-refractivity contribution >= 4 is 17.5 Å². The molecule has 1 unspecified atom stereocenters. The summed E-state index contributed by atoms with van der Waals surface area (Å²) in [5, 5.41) is 0. The van der Waals surface area contributed by atoms with Crippen molar-refractivity contribution in [2.24, 2.45) is 0 Å². The number of hydrogen-bond acceptors (Lipinski definition) is 2. The van der Waals surface area contributed by atoms with Crippen LogP contribution < -0.4 is 0 Å². The Bertz CT molecular complexity index is 295. The molecule has 1 aliphatic rings. The Labute approximate surface area is 103 Å². The molecule has 0 radical (unpaired) electrons. The van der Waals surface area contributed by atoms with E-state index in [9.17, 15) is 4.79 Å². The molecule has 90 valence electrons. The third kappa shape index (κ3) is 4.03. The summed E-state index contributed by atoms with van der Waals surface area (Å²) in [7, 11) is 1.99. The van der Waals surface area contributed by atoms with Gasteiger partial charge in [0, 0.05) is 24.9 Å². The Morgan fingerprint density at radius 3 is 2.88 bits per heavy atom. The Balaban J connectivity index is 2.28. The van der Waals surface area contributed by atoms with Crippen LogP contribution in [0, 0.1) is 11.8 Å². The van der Waals surface area contributed by atoms with Gasteiger partial charge in [0.05, 0.1) is 13.1 Å². The van der Waals surface area contributed by atoms with Crippen LogP contribution in [0.25, 0.3) is 0 Å². The second-order valence-electron chi connectivity index (χ2n) is 4.19. The fourth-order valence-corrected chi connectivity index (χ4v) is 1.97. The van der Waals surface area contributed by atoms with Crippen molar-refractivity contribution in [1.82, 2.24) is 9.80 Å². The van der Waals surface area contributed by atoms with Crippen LogP contribution in [0.4, 0.5) is 0 Å². The number of carbonyl (C=O) groups is 1. The highest BCUT2D eigenvalue weighted by molar-refractivity contribution is 6.18. The molecule has 1 atom stereocenters. The zero-order valence-electron chi connectivity index (χ0n) is 10.0. The van der Waals surface area contributed by atoms with E-state index in [4.69, 9.17) is 11.6 Å². The molecule has 1 amide bonds. The third-order valence-corrected chi connectivity index (χ3v) is 2.99. The second kappa shape index (κ2) is 6.78. The van der Waals surface area contributed by atoms with Crippen LogP contribution in [0.15, 0.2) is 0 Å². The minimum absolute atomic E-state index is 0.232. The van der Waals surface area contributed by atoms with Gasteiger partial charge < -0.3 is 4.90 Å². The van der Waals surface area contributed by atoms with Crippen molar-refractivity contribution in [3.05, 3.63) is 0 Å². The predicted octanol–water partition coefficient (Wildman–Crippen LogP) is 1.17. The topological polar surface area (TPSA) is 23.6 Å². The molecule has 16 heavy (non-hydrogen) atoms. The number of amides is 1. The van der Waals surface area contributed by atoms with Gasteiger partial charge in [-0.3, -0.25) is 9.69 Å². The minimum Gasteiger partial charge on any atom is -0.329 e. The van der Waals surface area contributed by atoms with E-state index in [1.54, 1.807) is 0 Å². The number of rotatable bonds is 4. The zero-order valence-corrected chi connectivity index (χ0v) is 10.8. The fraction of sp³-hybridized carbons (Fsp3) is 0.750. The van der Waals surface area contributed by atoms with Gasteiger partial charge in [-0.2, -0.15) is 0 Å². The maximum atomic E-state index is 11.4. The SMILES string of the molecule is CC1CCC(=O)N1CC#CCN(C)CCCl. The summed E-state index contributed by atoms with van der Waals surface area (Å²) in [4.78, 5) is 15.4. The first kappa shape index (κ1) is 13.3. The van der Waals surface area contributed by atoms with Crippen LogP contribution in [-0.4, -0.2) is 54.3 Å². The van der Waals surface area contributed by atoms with Crippen LogP contribution in [0.5, 0.6) is 0 Å². The maximum absolute atomic E-state index is 11.4. The maximum Gasteiger partial charge on any atom is 0.223 e. The lowest BCUT2D eigenvalue weighted by Crippen LogP contribution is -2.31. The average Bonchev–Trinajstić information content (AvgIpc) is 2.55. The molecule has 0 saturated carbocycles. The van der Waals surface area contributed by atoms with Crippen LogP contribution in [0.1, 0.15) is 19.8 Å². The van der Waals surface area contributed by atoms with Gasteiger partial charge in [0.15, 0.2) is 0 Å². The molecule has 0 N–H and O–H groups in total. The summed E-state index contributed by atoms with van der Waals surface area (Å²) in [6, 6.07) is 0.349.